The number of Topliss-reactive ketones (excluding diaryl/α,β-unsaturated/α-hetero) is 1. The maximum Gasteiger partial charge on any atom is 0.269 e. The fraction of sp³-hybridized carbons (Fsp3) is 0.381. The molecule has 5 nitrogen and oxygen atoms in total. The molecule has 5 heteroatoms. The Hall–Kier alpha value is -2.71. The van der Waals surface area contributed by atoms with Gasteiger partial charge in [0.05, 0.1) is 4.92 Å². The van der Waals surface area contributed by atoms with E-state index < -0.39 is 0 Å². The number of allylic oxidation sites excluding steroid dienone is 4. The summed E-state index contributed by atoms with van der Waals surface area (Å²) < 4.78 is 0. The topological polar surface area (TPSA) is 63.4 Å². The summed E-state index contributed by atoms with van der Waals surface area (Å²) in [7, 11) is 0. The molecule has 1 aliphatic carbocycles. The standard InChI is InChI=1S/C21H22N2O3/c1-16-14-18(6-9-21(16)24)3-2-17-10-12-22(13-11-17)15-19-4-7-20(8-5-19)23(25)26/h4-8,14,17H,9-13,15H2,1H3. The molecule has 1 aromatic carbocycles. The van der Waals surface area contributed by atoms with Crippen LogP contribution in [0.1, 0.15) is 31.7 Å². The van der Waals surface area contributed by atoms with Gasteiger partial charge < -0.3 is 0 Å². The van der Waals surface area contributed by atoms with Crippen molar-refractivity contribution in [1.82, 2.24) is 4.90 Å². The molecule has 0 unspecified atom stereocenters. The Bertz CT molecular complexity index is 817. The lowest BCUT2D eigenvalue weighted by Crippen LogP contribution is -2.32. The van der Waals surface area contributed by atoms with Crippen molar-refractivity contribution in [3.05, 3.63) is 63.2 Å². The molecule has 134 valence electrons. The van der Waals surface area contributed by atoms with Crippen molar-refractivity contribution >= 4 is 11.5 Å². The highest BCUT2D eigenvalue weighted by molar-refractivity contribution is 5.97. The van der Waals surface area contributed by atoms with E-state index in [2.05, 4.69) is 16.7 Å². The van der Waals surface area contributed by atoms with E-state index in [0.29, 0.717) is 12.3 Å². The second kappa shape index (κ2) is 8.11. The van der Waals surface area contributed by atoms with Gasteiger partial charge in [0.25, 0.3) is 5.69 Å². The minimum Gasteiger partial charge on any atom is -0.299 e. The molecule has 0 radical (unpaired) electrons. The number of non-ortho nitro benzene ring substituents is 1. The van der Waals surface area contributed by atoms with Crippen LogP contribution in [-0.4, -0.2) is 28.7 Å². The van der Waals surface area contributed by atoms with Gasteiger partial charge in [0.15, 0.2) is 5.78 Å². The summed E-state index contributed by atoms with van der Waals surface area (Å²) in [4.78, 5) is 24.2. The first-order valence-corrected chi connectivity index (χ1v) is 8.90. The molecule has 0 saturated carbocycles. The van der Waals surface area contributed by atoms with Gasteiger partial charge in [-0.1, -0.05) is 30.0 Å². The fourth-order valence-corrected chi connectivity index (χ4v) is 3.23. The van der Waals surface area contributed by atoms with E-state index in [9.17, 15) is 14.9 Å². The minimum absolute atomic E-state index is 0.130. The zero-order valence-electron chi connectivity index (χ0n) is 14.9. The number of hydrogen-bond acceptors (Lipinski definition) is 4. The summed E-state index contributed by atoms with van der Waals surface area (Å²) in [6, 6.07) is 6.78. The smallest absolute Gasteiger partial charge is 0.269 e. The summed E-state index contributed by atoms with van der Waals surface area (Å²) in [6.45, 7) is 4.60. The van der Waals surface area contributed by atoms with Gasteiger partial charge in [0.1, 0.15) is 0 Å². The van der Waals surface area contributed by atoms with Crippen molar-refractivity contribution in [2.75, 3.05) is 13.1 Å². The molecule has 1 aliphatic heterocycles. The molecule has 1 heterocycles. The van der Waals surface area contributed by atoms with E-state index in [1.54, 1.807) is 12.1 Å². The number of carbonyl (C=O) groups excluding carboxylic acids is 1. The van der Waals surface area contributed by atoms with Crippen LogP contribution in [0.3, 0.4) is 0 Å². The van der Waals surface area contributed by atoms with Crippen LogP contribution in [0.15, 0.2) is 47.6 Å². The molecular formula is C21H22N2O3. The Kier molecular flexibility index (Phi) is 5.65. The molecule has 0 aromatic heterocycles. The quantitative estimate of drug-likeness (QED) is 0.474. The summed E-state index contributed by atoms with van der Waals surface area (Å²) in [5.74, 6) is 7.14. The van der Waals surface area contributed by atoms with Gasteiger partial charge in [0.2, 0.25) is 0 Å². The highest BCUT2D eigenvalue weighted by Gasteiger charge is 2.18. The number of rotatable bonds is 3. The van der Waals surface area contributed by atoms with Crippen LogP contribution in [-0.2, 0) is 11.3 Å². The predicted molar refractivity (Wildman–Crippen MR) is 100 cm³/mol. The Labute approximate surface area is 153 Å². The van der Waals surface area contributed by atoms with E-state index in [-0.39, 0.29) is 16.4 Å². The summed E-state index contributed by atoms with van der Waals surface area (Å²) in [5, 5.41) is 10.7. The van der Waals surface area contributed by atoms with E-state index >= 15 is 0 Å². The maximum absolute atomic E-state index is 11.5. The Balaban J connectivity index is 1.50. The molecule has 0 spiro atoms. The lowest BCUT2D eigenvalue weighted by molar-refractivity contribution is -0.384. The Morgan fingerprint density at radius 1 is 1.23 bits per heavy atom. The van der Waals surface area contributed by atoms with Crippen molar-refractivity contribution in [2.45, 2.75) is 32.7 Å². The summed E-state index contributed by atoms with van der Waals surface area (Å²) in [6.07, 6.45) is 6.29. The summed E-state index contributed by atoms with van der Waals surface area (Å²) >= 11 is 0. The normalized spacial score (nSPS) is 18.6. The van der Waals surface area contributed by atoms with Crippen LogP contribution in [0.25, 0.3) is 0 Å². The van der Waals surface area contributed by atoms with Gasteiger partial charge in [-0.25, -0.2) is 0 Å². The molecule has 0 bridgehead atoms. The predicted octanol–water partition coefficient (Wildman–Crippen LogP) is 3.66. The number of likely N-dealkylation sites (tertiary alicyclic amines) is 1. The zero-order chi connectivity index (χ0) is 18.5. The molecule has 0 amide bonds. The first-order valence-electron chi connectivity index (χ1n) is 8.90. The van der Waals surface area contributed by atoms with Crippen LogP contribution >= 0.6 is 0 Å². The maximum atomic E-state index is 11.5. The van der Waals surface area contributed by atoms with Gasteiger partial charge in [-0.2, -0.15) is 0 Å². The highest BCUT2D eigenvalue weighted by atomic mass is 16.6. The van der Waals surface area contributed by atoms with Crippen LogP contribution in [0, 0.1) is 27.9 Å². The first-order chi connectivity index (χ1) is 12.5. The van der Waals surface area contributed by atoms with Crippen molar-refractivity contribution in [3.8, 4) is 11.8 Å². The number of benzene rings is 1. The third kappa shape index (κ3) is 4.68. The third-order valence-corrected chi connectivity index (χ3v) is 4.88. The number of carbonyl (C=O) groups is 1. The van der Waals surface area contributed by atoms with Gasteiger partial charge >= 0.3 is 0 Å². The van der Waals surface area contributed by atoms with Crippen molar-refractivity contribution < 1.29 is 9.72 Å². The van der Waals surface area contributed by atoms with Crippen LogP contribution < -0.4 is 0 Å². The van der Waals surface area contributed by atoms with E-state index in [1.165, 1.54) is 0 Å². The SMILES string of the molecule is CC1=CC(C#CC2CCN(Cc3ccc([N+](=O)[O-])cc3)CC2)=CCC1=O. The molecule has 1 aromatic rings. The van der Waals surface area contributed by atoms with Gasteiger partial charge in [-0.15, -0.1) is 0 Å². The molecule has 0 N–H and O–H groups in total. The molecule has 1 fully saturated rings. The molecular weight excluding hydrogens is 328 g/mol. The second-order valence-corrected chi connectivity index (χ2v) is 6.86. The van der Waals surface area contributed by atoms with Crippen molar-refractivity contribution in [3.63, 3.8) is 0 Å². The van der Waals surface area contributed by atoms with Crippen molar-refractivity contribution in [2.24, 2.45) is 5.92 Å². The van der Waals surface area contributed by atoms with Crippen molar-refractivity contribution in [1.29, 1.82) is 0 Å². The van der Waals surface area contributed by atoms with E-state index in [1.807, 2.05) is 31.2 Å². The third-order valence-electron chi connectivity index (χ3n) is 4.88. The van der Waals surface area contributed by atoms with E-state index in [0.717, 1.165) is 49.2 Å². The van der Waals surface area contributed by atoms with Crippen LogP contribution in [0.5, 0.6) is 0 Å². The highest BCUT2D eigenvalue weighted by Crippen LogP contribution is 2.20. The monoisotopic (exact) mass is 350 g/mol. The number of nitro benzene ring substituents is 1. The zero-order valence-corrected chi connectivity index (χ0v) is 14.9. The molecule has 0 atom stereocenters. The number of hydrogen-bond donors (Lipinski definition) is 0. The second-order valence-electron chi connectivity index (χ2n) is 6.86. The average Bonchev–Trinajstić information content (AvgIpc) is 2.64. The van der Waals surface area contributed by atoms with Crippen LogP contribution in [0.4, 0.5) is 5.69 Å². The molecule has 3 rings (SSSR count). The summed E-state index contributed by atoms with van der Waals surface area (Å²) in [5.41, 5.74) is 2.97. The van der Waals surface area contributed by atoms with E-state index in [4.69, 9.17) is 0 Å². The van der Waals surface area contributed by atoms with Gasteiger partial charge in [-0.3, -0.25) is 19.8 Å². The lowest BCUT2D eigenvalue weighted by Gasteiger charge is -2.29. The number of piperidine rings is 1. The van der Waals surface area contributed by atoms with Crippen LogP contribution in [0.2, 0.25) is 0 Å². The molecule has 2 aliphatic rings. The largest absolute Gasteiger partial charge is 0.299 e. The van der Waals surface area contributed by atoms with Gasteiger partial charge in [-0.05, 0) is 50.1 Å². The Morgan fingerprint density at radius 2 is 1.92 bits per heavy atom. The number of ketones is 1. The lowest BCUT2D eigenvalue weighted by atomic mass is 9.95. The Morgan fingerprint density at radius 3 is 2.54 bits per heavy atom. The fourth-order valence-electron chi connectivity index (χ4n) is 3.23. The number of nitrogens with zero attached hydrogens (tertiary/aromatic N) is 2. The minimum atomic E-state index is -0.373. The first kappa shape index (κ1) is 18.1. The molecule has 1 saturated heterocycles. The average molecular weight is 350 g/mol. The number of nitro groups is 1. The van der Waals surface area contributed by atoms with Gasteiger partial charge in [0, 0.05) is 36.6 Å². The molecule has 26 heavy (non-hydrogen) atoms.